The van der Waals surface area contributed by atoms with Crippen molar-refractivity contribution in [1.82, 2.24) is 10.3 Å². The zero-order valence-corrected chi connectivity index (χ0v) is 18.1. The molecule has 1 aromatic heterocycles. The first-order chi connectivity index (χ1) is 14.8. The molecule has 0 spiro atoms. The molecule has 1 saturated carbocycles. The van der Waals surface area contributed by atoms with Gasteiger partial charge >= 0.3 is 0 Å². The molecular weight excluding hydrogens is 395 g/mol. The van der Waals surface area contributed by atoms with E-state index in [9.17, 15) is 14.0 Å². The van der Waals surface area contributed by atoms with Crippen LogP contribution in [0.3, 0.4) is 0 Å². The van der Waals surface area contributed by atoms with Crippen LogP contribution < -0.4 is 16.4 Å². The Morgan fingerprint density at radius 3 is 2.32 bits per heavy atom. The van der Waals surface area contributed by atoms with Crippen LogP contribution in [0.25, 0.3) is 0 Å². The second-order valence-corrected chi connectivity index (χ2v) is 8.97. The molecule has 1 atom stereocenters. The van der Waals surface area contributed by atoms with Gasteiger partial charge in [0.1, 0.15) is 5.82 Å². The van der Waals surface area contributed by atoms with Crippen molar-refractivity contribution in [3.63, 3.8) is 0 Å². The lowest BCUT2D eigenvalue weighted by Gasteiger charge is -2.32. The highest BCUT2D eigenvalue weighted by Crippen LogP contribution is 2.31. The predicted molar refractivity (Wildman–Crippen MR) is 119 cm³/mol. The standard InChI is InChI=1S/C24H31FN4O2/c1-24(2,18-7-9-19(25)10-8-18)15-28-23(31)21(26)16-3-5-17(6-4-16)22(30)29-20-11-13-27-14-12-20/h7-14,16-17,21H,3-6,15,26H2,1-2H3,(H,28,31)(H,27,29,30). The highest BCUT2D eigenvalue weighted by Gasteiger charge is 2.33. The molecule has 1 aliphatic rings. The molecule has 1 unspecified atom stereocenters. The van der Waals surface area contributed by atoms with Crippen molar-refractivity contribution in [3.05, 3.63) is 60.2 Å². The number of carbonyl (C=O) groups excluding carboxylic acids is 2. The highest BCUT2D eigenvalue weighted by atomic mass is 19.1. The van der Waals surface area contributed by atoms with Gasteiger partial charge < -0.3 is 16.4 Å². The van der Waals surface area contributed by atoms with Crippen molar-refractivity contribution in [2.24, 2.45) is 17.6 Å². The van der Waals surface area contributed by atoms with Gasteiger partial charge in [-0.1, -0.05) is 26.0 Å². The zero-order chi connectivity index (χ0) is 22.4. The molecule has 1 fully saturated rings. The lowest BCUT2D eigenvalue weighted by atomic mass is 9.78. The molecule has 166 valence electrons. The van der Waals surface area contributed by atoms with Crippen molar-refractivity contribution >= 4 is 17.5 Å². The van der Waals surface area contributed by atoms with Gasteiger partial charge in [-0.15, -0.1) is 0 Å². The van der Waals surface area contributed by atoms with Crippen LogP contribution >= 0.6 is 0 Å². The number of amides is 2. The van der Waals surface area contributed by atoms with Gasteiger partial charge in [-0.25, -0.2) is 4.39 Å². The van der Waals surface area contributed by atoms with Crippen LogP contribution in [0.2, 0.25) is 0 Å². The van der Waals surface area contributed by atoms with E-state index in [0.717, 1.165) is 24.1 Å². The summed E-state index contributed by atoms with van der Waals surface area (Å²) in [5.41, 5.74) is 7.60. The summed E-state index contributed by atoms with van der Waals surface area (Å²) in [6, 6.07) is 9.24. The summed E-state index contributed by atoms with van der Waals surface area (Å²) < 4.78 is 13.2. The Morgan fingerprint density at radius 2 is 1.71 bits per heavy atom. The summed E-state index contributed by atoms with van der Waals surface area (Å²) in [5, 5.41) is 5.88. The molecule has 2 amide bonds. The molecule has 1 aromatic carbocycles. The smallest absolute Gasteiger partial charge is 0.237 e. The van der Waals surface area contributed by atoms with Crippen LogP contribution in [0.5, 0.6) is 0 Å². The Labute approximate surface area is 182 Å². The molecule has 7 heteroatoms. The number of carbonyl (C=O) groups is 2. The van der Waals surface area contributed by atoms with Crippen LogP contribution in [-0.2, 0) is 15.0 Å². The minimum atomic E-state index is -0.603. The van der Waals surface area contributed by atoms with E-state index in [0.29, 0.717) is 19.4 Å². The summed E-state index contributed by atoms with van der Waals surface area (Å²) in [5.74, 6) is -0.477. The van der Waals surface area contributed by atoms with Gasteiger partial charge in [0.25, 0.3) is 0 Å². The fourth-order valence-corrected chi connectivity index (χ4v) is 4.06. The van der Waals surface area contributed by atoms with Gasteiger partial charge in [0.2, 0.25) is 11.8 Å². The summed E-state index contributed by atoms with van der Waals surface area (Å²) in [7, 11) is 0. The Morgan fingerprint density at radius 1 is 1.10 bits per heavy atom. The maximum atomic E-state index is 13.2. The monoisotopic (exact) mass is 426 g/mol. The van der Waals surface area contributed by atoms with E-state index >= 15 is 0 Å². The molecule has 31 heavy (non-hydrogen) atoms. The van der Waals surface area contributed by atoms with E-state index in [2.05, 4.69) is 15.6 Å². The van der Waals surface area contributed by atoms with Crippen molar-refractivity contribution in [3.8, 4) is 0 Å². The Balaban J connectivity index is 1.46. The molecule has 0 saturated heterocycles. The van der Waals surface area contributed by atoms with E-state index in [1.807, 2.05) is 13.8 Å². The lowest BCUT2D eigenvalue weighted by Crippen LogP contribution is -2.49. The van der Waals surface area contributed by atoms with Crippen molar-refractivity contribution in [2.75, 3.05) is 11.9 Å². The number of nitrogens with two attached hydrogens (primary N) is 1. The SMILES string of the molecule is CC(C)(CNC(=O)C(N)C1CCC(C(=O)Nc2ccncc2)CC1)c1ccc(F)cc1. The van der Waals surface area contributed by atoms with Crippen LogP contribution in [0.4, 0.5) is 10.1 Å². The maximum absolute atomic E-state index is 13.2. The fraction of sp³-hybridized carbons (Fsp3) is 0.458. The average molecular weight is 427 g/mol. The van der Waals surface area contributed by atoms with Gasteiger partial charge in [-0.05, 0) is 61.4 Å². The summed E-state index contributed by atoms with van der Waals surface area (Å²) >= 11 is 0. The van der Waals surface area contributed by atoms with Gasteiger partial charge in [-0.3, -0.25) is 14.6 Å². The summed E-state index contributed by atoms with van der Waals surface area (Å²) in [4.78, 5) is 29.1. The minimum Gasteiger partial charge on any atom is -0.354 e. The topological polar surface area (TPSA) is 97.1 Å². The van der Waals surface area contributed by atoms with Gasteiger partial charge in [-0.2, -0.15) is 0 Å². The van der Waals surface area contributed by atoms with Crippen molar-refractivity contribution in [1.29, 1.82) is 0 Å². The summed E-state index contributed by atoms with van der Waals surface area (Å²) in [6.45, 7) is 4.41. The number of aromatic nitrogens is 1. The largest absolute Gasteiger partial charge is 0.354 e. The molecule has 4 N–H and O–H groups in total. The quantitative estimate of drug-likeness (QED) is 0.632. The number of pyridine rings is 1. The van der Waals surface area contributed by atoms with E-state index in [4.69, 9.17) is 5.73 Å². The first-order valence-electron chi connectivity index (χ1n) is 10.8. The molecule has 0 radical (unpaired) electrons. The van der Waals surface area contributed by atoms with Crippen LogP contribution in [-0.4, -0.2) is 29.4 Å². The third kappa shape index (κ3) is 6.10. The molecule has 0 bridgehead atoms. The fourth-order valence-electron chi connectivity index (χ4n) is 4.06. The maximum Gasteiger partial charge on any atom is 0.237 e. The normalized spacial score (nSPS) is 20.0. The minimum absolute atomic E-state index is 0.00344. The lowest BCUT2D eigenvalue weighted by molar-refractivity contribution is -0.124. The number of benzene rings is 1. The van der Waals surface area contributed by atoms with E-state index < -0.39 is 6.04 Å². The number of halogens is 1. The number of anilines is 1. The third-order valence-electron chi connectivity index (χ3n) is 6.23. The third-order valence-corrected chi connectivity index (χ3v) is 6.23. The molecule has 0 aliphatic heterocycles. The van der Waals surface area contributed by atoms with E-state index in [1.165, 1.54) is 12.1 Å². The van der Waals surface area contributed by atoms with E-state index in [1.54, 1.807) is 36.7 Å². The molecule has 1 heterocycles. The molecular formula is C24H31FN4O2. The van der Waals surface area contributed by atoms with Crippen molar-refractivity contribution < 1.29 is 14.0 Å². The number of nitrogens with zero attached hydrogens (tertiary/aromatic N) is 1. The van der Waals surface area contributed by atoms with Crippen LogP contribution in [0, 0.1) is 17.7 Å². The van der Waals surface area contributed by atoms with Gasteiger partial charge in [0.15, 0.2) is 0 Å². The Bertz CT molecular complexity index is 878. The molecule has 2 aromatic rings. The zero-order valence-electron chi connectivity index (χ0n) is 18.1. The Hall–Kier alpha value is -2.80. The second-order valence-electron chi connectivity index (χ2n) is 8.97. The number of nitrogens with one attached hydrogen (secondary N) is 2. The van der Waals surface area contributed by atoms with Gasteiger partial charge in [0, 0.05) is 36.0 Å². The van der Waals surface area contributed by atoms with Gasteiger partial charge in [0.05, 0.1) is 6.04 Å². The second kappa shape index (κ2) is 10.0. The number of hydrogen-bond donors (Lipinski definition) is 3. The summed E-state index contributed by atoms with van der Waals surface area (Å²) in [6.07, 6.45) is 6.19. The Kier molecular flexibility index (Phi) is 7.38. The van der Waals surface area contributed by atoms with Crippen LogP contribution in [0.1, 0.15) is 45.1 Å². The van der Waals surface area contributed by atoms with Crippen molar-refractivity contribution in [2.45, 2.75) is 51.0 Å². The molecule has 3 rings (SSSR count). The van der Waals surface area contributed by atoms with Crippen LogP contribution in [0.15, 0.2) is 48.8 Å². The number of rotatable bonds is 7. The molecule has 1 aliphatic carbocycles. The average Bonchev–Trinajstić information content (AvgIpc) is 2.78. The first kappa shape index (κ1) is 22.9. The number of hydrogen-bond acceptors (Lipinski definition) is 4. The molecule has 6 nitrogen and oxygen atoms in total. The predicted octanol–water partition coefficient (Wildman–Crippen LogP) is 3.39. The first-order valence-corrected chi connectivity index (χ1v) is 10.8. The highest BCUT2D eigenvalue weighted by molar-refractivity contribution is 5.92. The van der Waals surface area contributed by atoms with E-state index in [-0.39, 0.29) is 34.9 Å².